The molecule has 1 aromatic carbocycles. The fourth-order valence-corrected chi connectivity index (χ4v) is 4.64. The lowest BCUT2D eigenvalue weighted by Crippen LogP contribution is -2.50. The number of likely N-dealkylation sites (tertiary alicyclic amines) is 2. The first kappa shape index (κ1) is 20.1. The van der Waals surface area contributed by atoms with E-state index < -0.39 is 0 Å². The van der Waals surface area contributed by atoms with Gasteiger partial charge in [0.2, 0.25) is 5.91 Å². The summed E-state index contributed by atoms with van der Waals surface area (Å²) in [5.74, 6) is 0.241. The van der Waals surface area contributed by atoms with Crippen LogP contribution in [-0.4, -0.2) is 59.6 Å². The van der Waals surface area contributed by atoms with Gasteiger partial charge in [-0.05, 0) is 57.3 Å². The van der Waals surface area contributed by atoms with Gasteiger partial charge in [0.05, 0.1) is 12.5 Å². The molecular weight excluding hydrogens is 364 g/mol. The van der Waals surface area contributed by atoms with Crippen LogP contribution in [0.2, 0.25) is 0 Å². The third-order valence-electron chi connectivity index (χ3n) is 6.39. The number of nitrogens with one attached hydrogen (secondary N) is 1. The molecule has 6 nitrogen and oxygen atoms in total. The summed E-state index contributed by atoms with van der Waals surface area (Å²) >= 11 is 0. The molecule has 0 bridgehead atoms. The number of nitrogens with zero attached hydrogens (tertiary/aromatic N) is 3. The number of carbonyl (C=O) groups is 1. The van der Waals surface area contributed by atoms with Crippen molar-refractivity contribution in [3.8, 4) is 0 Å². The molecule has 2 aliphatic rings. The molecule has 2 fully saturated rings. The van der Waals surface area contributed by atoms with Gasteiger partial charge in [0.25, 0.3) is 0 Å². The highest BCUT2D eigenvalue weighted by molar-refractivity contribution is 5.78. The summed E-state index contributed by atoms with van der Waals surface area (Å²) in [4.78, 5) is 17.7. The topological polar surface area (TPSA) is 61.6 Å². The lowest BCUT2D eigenvalue weighted by atomic mass is 9.93. The molecule has 0 aliphatic carbocycles. The number of carbonyl (C=O) groups excluding carboxylic acids is 1. The molecule has 29 heavy (non-hydrogen) atoms. The van der Waals surface area contributed by atoms with Crippen LogP contribution >= 0.6 is 0 Å². The normalized spacial score (nSPS) is 21.9. The Morgan fingerprint density at radius 1 is 1.10 bits per heavy atom. The molecule has 3 heterocycles. The fourth-order valence-electron chi connectivity index (χ4n) is 4.64. The smallest absolute Gasteiger partial charge is 0.224 e. The predicted molar refractivity (Wildman–Crippen MR) is 112 cm³/mol. The number of benzene rings is 1. The summed E-state index contributed by atoms with van der Waals surface area (Å²) in [6, 6.07) is 13.2. The summed E-state index contributed by atoms with van der Waals surface area (Å²) in [5, 5.41) is 6.88. The van der Waals surface area contributed by atoms with E-state index in [1.54, 1.807) is 6.07 Å². The van der Waals surface area contributed by atoms with Crippen LogP contribution in [0.4, 0.5) is 0 Å². The van der Waals surface area contributed by atoms with E-state index in [1.807, 2.05) is 0 Å². The highest BCUT2D eigenvalue weighted by Gasteiger charge is 2.31. The molecule has 156 valence electrons. The van der Waals surface area contributed by atoms with E-state index in [0.29, 0.717) is 12.6 Å². The zero-order valence-electron chi connectivity index (χ0n) is 17.1. The van der Waals surface area contributed by atoms with Crippen LogP contribution in [0, 0.1) is 5.92 Å². The van der Waals surface area contributed by atoms with E-state index in [9.17, 15) is 4.79 Å². The Hall–Kier alpha value is -2.18. The molecule has 0 radical (unpaired) electrons. The van der Waals surface area contributed by atoms with Crippen molar-refractivity contribution in [2.75, 3.05) is 32.7 Å². The van der Waals surface area contributed by atoms with Crippen molar-refractivity contribution in [1.29, 1.82) is 0 Å². The van der Waals surface area contributed by atoms with Gasteiger partial charge in [-0.1, -0.05) is 35.5 Å². The lowest BCUT2D eigenvalue weighted by Gasteiger charge is -2.42. The van der Waals surface area contributed by atoms with Crippen LogP contribution in [0.3, 0.4) is 0 Å². The molecule has 0 saturated carbocycles. The fraction of sp³-hybridized carbons (Fsp3) is 0.565. The minimum absolute atomic E-state index is 0.0896. The number of rotatable bonds is 7. The van der Waals surface area contributed by atoms with Crippen LogP contribution in [0.25, 0.3) is 0 Å². The average molecular weight is 397 g/mol. The first-order chi connectivity index (χ1) is 14.3. The summed E-state index contributed by atoms with van der Waals surface area (Å²) < 4.78 is 4.83. The molecule has 2 aliphatic heterocycles. The van der Waals surface area contributed by atoms with Crippen molar-refractivity contribution < 1.29 is 9.32 Å². The molecular formula is C23H32N4O2. The third kappa shape index (κ3) is 5.67. The SMILES string of the molecule is O=C(NCc1ccon1)C1CCCN(C2CCN(CCc3ccccc3)CC2)C1. The summed E-state index contributed by atoms with van der Waals surface area (Å²) in [6.07, 6.45) is 7.18. The standard InChI is InChI=1S/C23H32N4O2/c28-23(24-17-21-11-16-29-25-21)20-7-4-12-27(18-20)22-9-14-26(15-10-22)13-8-19-5-2-1-3-6-19/h1-3,5-6,11,16,20,22H,4,7-10,12-15,17-18H2,(H,24,28). The molecule has 1 N–H and O–H groups in total. The van der Waals surface area contributed by atoms with Gasteiger partial charge >= 0.3 is 0 Å². The zero-order chi connectivity index (χ0) is 19.9. The van der Waals surface area contributed by atoms with Crippen LogP contribution in [-0.2, 0) is 17.8 Å². The Balaban J connectivity index is 1.19. The van der Waals surface area contributed by atoms with Crippen LogP contribution in [0.5, 0.6) is 0 Å². The maximum absolute atomic E-state index is 12.6. The number of hydrogen-bond donors (Lipinski definition) is 1. The molecule has 2 saturated heterocycles. The van der Waals surface area contributed by atoms with E-state index in [2.05, 4.69) is 50.6 Å². The Morgan fingerprint density at radius 3 is 2.69 bits per heavy atom. The summed E-state index contributed by atoms with van der Waals surface area (Å²) in [7, 11) is 0. The van der Waals surface area contributed by atoms with Gasteiger partial charge in [0, 0.05) is 25.2 Å². The number of aromatic nitrogens is 1. The van der Waals surface area contributed by atoms with Crippen molar-refractivity contribution in [2.45, 2.75) is 44.7 Å². The average Bonchev–Trinajstić information content (AvgIpc) is 3.31. The molecule has 1 aromatic heterocycles. The Bertz CT molecular complexity index is 742. The van der Waals surface area contributed by atoms with E-state index in [-0.39, 0.29) is 11.8 Å². The summed E-state index contributed by atoms with van der Waals surface area (Å²) in [6.45, 7) is 5.94. The molecule has 1 unspecified atom stereocenters. The lowest BCUT2D eigenvalue weighted by molar-refractivity contribution is -0.127. The van der Waals surface area contributed by atoms with Crippen molar-refractivity contribution in [3.05, 3.63) is 53.9 Å². The van der Waals surface area contributed by atoms with Crippen molar-refractivity contribution in [1.82, 2.24) is 20.3 Å². The third-order valence-corrected chi connectivity index (χ3v) is 6.39. The number of piperidine rings is 2. The Morgan fingerprint density at radius 2 is 1.93 bits per heavy atom. The highest BCUT2D eigenvalue weighted by Crippen LogP contribution is 2.24. The van der Waals surface area contributed by atoms with E-state index in [4.69, 9.17) is 4.52 Å². The Kier molecular flexibility index (Phi) is 6.96. The van der Waals surface area contributed by atoms with Gasteiger partial charge in [-0.3, -0.25) is 9.69 Å². The van der Waals surface area contributed by atoms with Gasteiger partial charge < -0.3 is 14.7 Å². The highest BCUT2D eigenvalue weighted by atomic mass is 16.5. The molecule has 4 rings (SSSR count). The molecule has 1 atom stereocenters. The minimum atomic E-state index is 0.0896. The predicted octanol–water partition coefficient (Wildman–Crippen LogP) is 2.71. The summed E-state index contributed by atoms with van der Waals surface area (Å²) in [5.41, 5.74) is 2.19. The second-order valence-corrected chi connectivity index (χ2v) is 8.35. The second-order valence-electron chi connectivity index (χ2n) is 8.35. The molecule has 1 amide bonds. The minimum Gasteiger partial charge on any atom is -0.364 e. The van der Waals surface area contributed by atoms with Gasteiger partial charge in [-0.15, -0.1) is 0 Å². The first-order valence-corrected chi connectivity index (χ1v) is 11.0. The molecule has 0 spiro atoms. The van der Waals surface area contributed by atoms with Gasteiger partial charge in [0.15, 0.2) is 0 Å². The van der Waals surface area contributed by atoms with E-state index in [0.717, 1.165) is 57.7 Å². The van der Waals surface area contributed by atoms with Crippen LogP contribution < -0.4 is 5.32 Å². The quantitative estimate of drug-likeness (QED) is 0.780. The van der Waals surface area contributed by atoms with Gasteiger partial charge in [0.1, 0.15) is 12.0 Å². The number of amides is 1. The van der Waals surface area contributed by atoms with Crippen molar-refractivity contribution in [3.63, 3.8) is 0 Å². The molecule has 2 aromatic rings. The Labute approximate surface area is 173 Å². The van der Waals surface area contributed by atoms with Crippen LogP contribution in [0.1, 0.15) is 36.9 Å². The van der Waals surface area contributed by atoms with Gasteiger partial charge in [-0.2, -0.15) is 0 Å². The molecule has 6 heteroatoms. The largest absolute Gasteiger partial charge is 0.364 e. The van der Waals surface area contributed by atoms with Crippen molar-refractivity contribution in [2.24, 2.45) is 5.92 Å². The van der Waals surface area contributed by atoms with E-state index >= 15 is 0 Å². The first-order valence-electron chi connectivity index (χ1n) is 11.0. The monoisotopic (exact) mass is 396 g/mol. The maximum atomic E-state index is 12.6. The van der Waals surface area contributed by atoms with Gasteiger partial charge in [-0.25, -0.2) is 0 Å². The zero-order valence-corrected chi connectivity index (χ0v) is 17.1. The second kappa shape index (κ2) is 10.0. The van der Waals surface area contributed by atoms with Crippen LogP contribution in [0.15, 0.2) is 47.2 Å². The number of hydrogen-bond acceptors (Lipinski definition) is 5. The van der Waals surface area contributed by atoms with Crippen molar-refractivity contribution >= 4 is 5.91 Å². The van der Waals surface area contributed by atoms with E-state index in [1.165, 1.54) is 24.7 Å². The maximum Gasteiger partial charge on any atom is 0.224 e.